The molecule has 0 fully saturated rings. The highest BCUT2D eigenvalue weighted by Gasteiger charge is 2.23. The molecule has 0 saturated heterocycles. The molecule has 0 saturated carbocycles. The quantitative estimate of drug-likeness (QED) is 0.771. The molecule has 0 aliphatic heterocycles. The van der Waals surface area contributed by atoms with Crippen molar-refractivity contribution in [3.63, 3.8) is 0 Å². The summed E-state index contributed by atoms with van der Waals surface area (Å²) >= 11 is 0. The molecule has 0 amide bonds. The van der Waals surface area contributed by atoms with Crippen LogP contribution < -0.4 is 4.74 Å². The summed E-state index contributed by atoms with van der Waals surface area (Å²) in [5, 5.41) is 0. The van der Waals surface area contributed by atoms with Gasteiger partial charge in [-0.05, 0) is 56.8 Å². The molecule has 0 heterocycles. The fourth-order valence-corrected chi connectivity index (χ4v) is 2.11. The number of methoxy groups -OCH3 is 1. The van der Waals surface area contributed by atoms with E-state index in [1.54, 1.807) is 7.11 Å². The van der Waals surface area contributed by atoms with Crippen molar-refractivity contribution in [2.75, 3.05) is 13.7 Å². The van der Waals surface area contributed by atoms with Crippen molar-refractivity contribution in [2.24, 2.45) is 5.41 Å². The first-order valence-corrected chi connectivity index (χ1v) is 7.50. The fraction of sp³-hybridized carbons (Fsp3) is 0.667. The number of rotatable bonds is 5. The van der Waals surface area contributed by atoms with Crippen LogP contribution in [-0.2, 0) is 6.54 Å². The number of hydrogen-bond donors (Lipinski definition) is 0. The third kappa shape index (κ3) is 5.96. The zero-order chi connectivity index (χ0) is 15.4. The Bertz CT molecular complexity index is 412. The summed E-state index contributed by atoms with van der Waals surface area (Å²) in [7, 11) is 1.72. The van der Waals surface area contributed by atoms with Gasteiger partial charge in [0.05, 0.1) is 7.11 Å². The summed E-state index contributed by atoms with van der Waals surface area (Å²) in [5.41, 5.74) is 1.86. The third-order valence-corrected chi connectivity index (χ3v) is 3.59. The monoisotopic (exact) mass is 277 g/mol. The van der Waals surface area contributed by atoms with Crippen LogP contribution >= 0.6 is 0 Å². The predicted molar refractivity (Wildman–Crippen MR) is 87.2 cm³/mol. The van der Waals surface area contributed by atoms with Crippen LogP contribution in [0.4, 0.5) is 0 Å². The van der Waals surface area contributed by atoms with Gasteiger partial charge in [-0.25, -0.2) is 0 Å². The summed E-state index contributed by atoms with van der Waals surface area (Å²) in [5.74, 6) is 0.937. The lowest BCUT2D eigenvalue weighted by Gasteiger charge is -2.37. The van der Waals surface area contributed by atoms with Crippen LogP contribution in [0.2, 0.25) is 0 Å². The van der Waals surface area contributed by atoms with E-state index in [0.29, 0.717) is 5.41 Å². The fourth-order valence-electron chi connectivity index (χ4n) is 2.11. The van der Waals surface area contributed by atoms with Gasteiger partial charge < -0.3 is 4.74 Å². The number of ether oxygens (including phenoxy) is 1. The minimum atomic E-state index is 0.175. The summed E-state index contributed by atoms with van der Waals surface area (Å²) < 4.78 is 5.32. The van der Waals surface area contributed by atoms with Crippen molar-refractivity contribution in [2.45, 2.75) is 60.0 Å². The van der Waals surface area contributed by atoms with E-state index in [-0.39, 0.29) is 5.54 Å². The van der Waals surface area contributed by atoms with Gasteiger partial charge in [0.2, 0.25) is 0 Å². The Morgan fingerprint density at radius 1 is 1.05 bits per heavy atom. The first-order chi connectivity index (χ1) is 9.12. The van der Waals surface area contributed by atoms with E-state index in [9.17, 15) is 0 Å². The van der Waals surface area contributed by atoms with Gasteiger partial charge >= 0.3 is 0 Å². The van der Waals surface area contributed by atoms with Crippen LogP contribution in [0.25, 0.3) is 0 Å². The van der Waals surface area contributed by atoms with Gasteiger partial charge in [0.15, 0.2) is 0 Å². The number of nitrogens with zero attached hydrogens (tertiary/aromatic N) is 1. The summed E-state index contributed by atoms with van der Waals surface area (Å²) in [4.78, 5) is 2.55. The van der Waals surface area contributed by atoms with Crippen molar-refractivity contribution in [1.82, 2.24) is 4.90 Å². The van der Waals surface area contributed by atoms with Crippen LogP contribution in [0.15, 0.2) is 24.3 Å². The molecule has 0 N–H and O–H groups in total. The SMILES string of the molecule is COc1cccc(CN(CCC(C)(C)C)C(C)(C)C)c1. The standard InChI is InChI=1S/C18H31NO/c1-17(2,3)11-12-19(18(4,5)6)14-15-9-8-10-16(13-15)20-7/h8-10,13H,11-12,14H2,1-7H3. The maximum atomic E-state index is 5.32. The first-order valence-electron chi connectivity index (χ1n) is 7.50. The second-order valence-corrected chi connectivity index (χ2v) is 7.75. The lowest BCUT2D eigenvalue weighted by Crippen LogP contribution is -2.42. The van der Waals surface area contributed by atoms with E-state index in [0.717, 1.165) is 18.8 Å². The maximum absolute atomic E-state index is 5.32. The molecule has 2 nitrogen and oxygen atoms in total. The number of hydrogen-bond acceptors (Lipinski definition) is 2. The van der Waals surface area contributed by atoms with Gasteiger partial charge in [0.1, 0.15) is 5.75 Å². The highest BCUT2D eigenvalue weighted by Crippen LogP contribution is 2.24. The van der Waals surface area contributed by atoms with Gasteiger partial charge in [0.25, 0.3) is 0 Å². The van der Waals surface area contributed by atoms with Gasteiger partial charge in [-0.1, -0.05) is 32.9 Å². The Labute approximate surface area is 125 Å². The normalized spacial score (nSPS) is 12.8. The molecular formula is C18H31NO. The van der Waals surface area contributed by atoms with E-state index in [4.69, 9.17) is 4.74 Å². The Kier molecular flexibility index (Phi) is 5.64. The molecule has 0 aliphatic rings. The van der Waals surface area contributed by atoms with Crippen LogP contribution in [-0.4, -0.2) is 24.1 Å². The second-order valence-electron chi connectivity index (χ2n) is 7.75. The van der Waals surface area contributed by atoms with E-state index >= 15 is 0 Å². The van der Waals surface area contributed by atoms with Crippen molar-refractivity contribution >= 4 is 0 Å². The molecule has 20 heavy (non-hydrogen) atoms. The highest BCUT2D eigenvalue weighted by atomic mass is 16.5. The molecule has 1 rings (SSSR count). The van der Waals surface area contributed by atoms with E-state index < -0.39 is 0 Å². The summed E-state index contributed by atoms with van der Waals surface area (Å²) in [6, 6.07) is 8.38. The van der Waals surface area contributed by atoms with Crippen LogP contribution in [0.5, 0.6) is 5.75 Å². The molecule has 0 aliphatic carbocycles. The average molecular weight is 277 g/mol. The highest BCUT2D eigenvalue weighted by molar-refractivity contribution is 5.28. The van der Waals surface area contributed by atoms with Gasteiger partial charge in [0, 0.05) is 12.1 Å². The lowest BCUT2D eigenvalue weighted by molar-refractivity contribution is 0.110. The molecule has 0 aromatic heterocycles. The molecule has 1 aromatic rings. The lowest BCUT2D eigenvalue weighted by atomic mass is 9.91. The zero-order valence-electron chi connectivity index (χ0n) is 14.3. The maximum Gasteiger partial charge on any atom is 0.119 e. The topological polar surface area (TPSA) is 12.5 Å². The Morgan fingerprint density at radius 2 is 1.70 bits per heavy atom. The first kappa shape index (κ1) is 17.0. The Morgan fingerprint density at radius 3 is 2.20 bits per heavy atom. The van der Waals surface area contributed by atoms with Gasteiger partial charge in [-0.15, -0.1) is 0 Å². The molecule has 1 aromatic carbocycles. The van der Waals surface area contributed by atoms with Gasteiger partial charge in [-0.3, -0.25) is 4.90 Å². The van der Waals surface area contributed by atoms with Crippen LogP contribution in [0.3, 0.4) is 0 Å². The second kappa shape index (κ2) is 6.62. The van der Waals surface area contributed by atoms with E-state index in [2.05, 4.69) is 64.6 Å². The molecule has 2 heteroatoms. The molecule has 0 bridgehead atoms. The molecule has 0 atom stereocenters. The van der Waals surface area contributed by atoms with Crippen LogP contribution in [0.1, 0.15) is 53.5 Å². The van der Waals surface area contributed by atoms with Crippen molar-refractivity contribution in [3.05, 3.63) is 29.8 Å². The minimum Gasteiger partial charge on any atom is -0.497 e. The van der Waals surface area contributed by atoms with E-state index in [1.807, 2.05) is 6.07 Å². The smallest absolute Gasteiger partial charge is 0.119 e. The summed E-state index contributed by atoms with van der Waals surface area (Å²) in [6.07, 6.45) is 1.20. The van der Waals surface area contributed by atoms with Crippen molar-refractivity contribution < 1.29 is 4.74 Å². The molecule has 0 unspecified atom stereocenters. The third-order valence-electron chi connectivity index (χ3n) is 3.59. The Hall–Kier alpha value is -1.02. The van der Waals surface area contributed by atoms with Gasteiger partial charge in [-0.2, -0.15) is 0 Å². The molecule has 0 spiro atoms. The summed E-state index contributed by atoms with van der Waals surface area (Å²) in [6.45, 7) is 15.9. The zero-order valence-corrected chi connectivity index (χ0v) is 14.3. The molecular weight excluding hydrogens is 246 g/mol. The van der Waals surface area contributed by atoms with Crippen LogP contribution in [0, 0.1) is 5.41 Å². The average Bonchev–Trinajstić information content (AvgIpc) is 2.32. The molecule has 114 valence electrons. The predicted octanol–water partition coefficient (Wildman–Crippen LogP) is 4.73. The van der Waals surface area contributed by atoms with Crippen molar-refractivity contribution in [1.29, 1.82) is 0 Å². The minimum absolute atomic E-state index is 0.175. The van der Waals surface area contributed by atoms with Crippen molar-refractivity contribution in [3.8, 4) is 5.75 Å². The van der Waals surface area contributed by atoms with E-state index in [1.165, 1.54) is 12.0 Å². The largest absolute Gasteiger partial charge is 0.497 e. The molecule has 0 radical (unpaired) electrons. The number of benzene rings is 1. The Balaban J connectivity index is 2.79.